The van der Waals surface area contributed by atoms with Crippen molar-refractivity contribution in [1.29, 1.82) is 0 Å². The second-order valence-corrected chi connectivity index (χ2v) is 6.24. The minimum Gasteiger partial charge on any atom is -0.497 e. The number of β-amino-alcohol motifs (C(OH)–C–C–N with tert-alkyl or cyclic N) is 1. The number of benzene rings is 1. The third-order valence-corrected chi connectivity index (χ3v) is 4.56. The molecule has 1 aliphatic heterocycles. The number of likely N-dealkylation sites (tertiary alicyclic amines) is 1. The molecule has 1 aromatic carbocycles. The Morgan fingerprint density at radius 2 is 2.22 bits per heavy atom. The maximum absolute atomic E-state index is 10.2. The fourth-order valence-electron chi connectivity index (χ4n) is 3.48. The standard InChI is InChI=1S/C18H25N3O2/c1-4-17-14(10-20(2)19-17)11-21-12-15(22)9-18(21)13-6-5-7-16(8-13)23-3/h5-8,10,15,18,22H,4,9,11-12H2,1-3H3. The number of hydrogen-bond donors (Lipinski definition) is 1. The van der Waals surface area contributed by atoms with E-state index in [0.29, 0.717) is 6.54 Å². The Balaban J connectivity index is 1.84. The SMILES string of the molecule is CCc1nn(C)cc1CN1CC(O)CC1c1cccc(OC)c1. The van der Waals surface area contributed by atoms with Crippen molar-refractivity contribution in [2.45, 2.75) is 38.5 Å². The molecule has 0 saturated carbocycles. The zero-order valence-electron chi connectivity index (χ0n) is 14.1. The van der Waals surface area contributed by atoms with Crippen molar-refractivity contribution in [1.82, 2.24) is 14.7 Å². The summed E-state index contributed by atoms with van der Waals surface area (Å²) in [4.78, 5) is 2.34. The van der Waals surface area contributed by atoms with Gasteiger partial charge in [0.25, 0.3) is 0 Å². The predicted molar refractivity (Wildman–Crippen MR) is 89.4 cm³/mol. The van der Waals surface area contributed by atoms with E-state index < -0.39 is 0 Å². The van der Waals surface area contributed by atoms with Crippen LogP contribution in [0.4, 0.5) is 0 Å². The van der Waals surface area contributed by atoms with Gasteiger partial charge in [0.15, 0.2) is 0 Å². The van der Waals surface area contributed by atoms with Crippen LogP contribution < -0.4 is 4.74 Å². The Hall–Kier alpha value is -1.85. The van der Waals surface area contributed by atoms with Gasteiger partial charge < -0.3 is 9.84 Å². The second kappa shape index (κ2) is 6.72. The molecule has 0 bridgehead atoms. The summed E-state index contributed by atoms with van der Waals surface area (Å²) in [5.74, 6) is 0.861. The van der Waals surface area contributed by atoms with Gasteiger partial charge in [-0.15, -0.1) is 0 Å². The average Bonchev–Trinajstić information content (AvgIpc) is 3.09. The number of aliphatic hydroxyl groups is 1. The van der Waals surface area contributed by atoms with Crippen molar-refractivity contribution >= 4 is 0 Å². The molecular formula is C18H25N3O2. The van der Waals surface area contributed by atoms with Gasteiger partial charge in [0.1, 0.15) is 5.75 Å². The lowest BCUT2D eigenvalue weighted by Gasteiger charge is -2.24. The summed E-state index contributed by atoms with van der Waals surface area (Å²) in [7, 11) is 3.64. The summed E-state index contributed by atoms with van der Waals surface area (Å²) >= 11 is 0. The first kappa shape index (κ1) is 16.0. The third-order valence-electron chi connectivity index (χ3n) is 4.56. The van der Waals surface area contributed by atoms with Gasteiger partial charge in [0, 0.05) is 37.9 Å². The van der Waals surface area contributed by atoms with Crippen molar-refractivity contribution in [3.05, 3.63) is 47.3 Å². The monoisotopic (exact) mass is 315 g/mol. The third kappa shape index (κ3) is 3.41. The highest BCUT2D eigenvalue weighted by atomic mass is 16.5. The molecule has 1 fully saturated rings. The summed E-state index contributed by atoms with van der Waals surface area (Å²) < 4.78 is 7.22. The molecule has 1 N–H and O–H groups in total. The molecule has 124 valence electrons. The number of aromatic nitrogens is 2. The van der Waals surface area contributed by atoms with E-state index in [1.807, 2.05) is 23.9 Å². The number of nitrogens with zero attached hydrogens (tertiary/aromatic N) is 3. The molecule has 5 nitrogen and oxygen atoms in total. The molecule has 0 radical (unpaired) electrons. The number of aliphatic hydroxyl groups excluding tert-OH is 1. The molecule has 1 aliphatic rings. The van der Waals surface area contributed by atoms with Crippen molar-refractivity contribution in [2.75, 3.05) is 13.7 Å². The Labute approximate surface area is 137 Å². The topological polar surface area (TPSA) is 50.5 Å². The van der Waals surface area contributed by atoms with E-state index in [9.17, 15) is 5.11 Å². The Bertz CT molecular complexity index is 668. The van der Waals surface area contributed by atoms with Crippen LogP contribution in [0, 0.1) is 0 Å². The Morgan fingerprint density at radius 3 is 2.96 bits per heavy atom. The summed E-state index contributed by atoms with van der Waals surface area (Å²) in [5, 5.41) is 14.7. The summed E-state index contributed by atoms with van der Waals surface area (Å²) in [6.45, 7) is 3.64. The average molecular weight is 315 g/mol. The summed E-state index contributed by atoms with van der Waals surface area (Å²) in [6.07, 6.45) is 3.49. The minimum atomic E-state index is -0.284. The van der Waals surface area contributed by atoms with Crippen molar-refractivity contribution < 1.29 is 9.84 Å². The number of ether oxygens (including phenoxy) is 1. The molecule has 0 spiro atoms. The van der Waals surface area contributed by atoms with Crippen LogP contribution in [0.2, 0.25) is 0 Å². The molecule has 0 aliphatic carbocycles. The molecule has 2 unspecified atom stereocenters. The molecule has 1 aromatic heterocycles. The fourth-order valence-corrected chi connectivity index (χ4v) is 3.48. The van der Waals surface area contributed by atoms with Gasteiger partial charge in [0.05, 0.1) is 18.9 Å². The van der Waals surface area contributed by atoms with Crippen molar-refractivity contribution in [3.8, 4) is 5.75 Å². The molecular weight excluding hydrogens is 290 g/mol. The molecule has 1 saturated heterocycles. The first-order chi connectivity index (χ1) is 11.1. The van der Waals surface area contributed by atoms with Gasteiger partial charge in [-0.05, 0) is 30.5 Å². The lowest BCUT2D eigenvalue weighted by molar-refractivity contribution is 0.172. The quantitative estimate of drug-likeness (QED) is 0.920. The van der Waals surface area contributed by atoms with Gasteiger partial charge in [-0.1, -0.05) is 19.1 Å². The van der Waals surface area contributed by atoms with E-state index in [1.165, 1.54) is 11.1 Å². The number of aryl methyl sites for hydroxylation is 2. The molecule has 23 heavy (non-hydrogen) atoms. The maximum Gasteiger partial charge on any atom is 0.119 e. The van der Waals surface area contributed by atoms with Gasteiger partial charge in [-0.3, -0.25) is 9.58 Å². The highest BCUT2D eigenvalue weighted by Gasteiger charge is 2.32. The zero-order chi connectivity index (χ0) is 16.4. The van der Waals surface area contributed by atoms with Crippen LogP contribution >= 0.6 is 0 Å². The summed E-state index contributed by atoms with van der Waals surface area (Å²) in [5.41, 5.74) is 3.58. The van der Waals surface area contributed by atoms with Crippen molar-refractivity contribution in [2.24, 2.45) is 7.05 Å². The first-order valence-corrected chi connectivity index (χ1v) is 8.18. The molecule has 0 amide bonds. The smallest absolute Gasteiger partial charge is 0.119 e. The van der Waals surface area contributed by atoms with E-state index >= 15 is 0 Å². The normalized spacial score (nSPS) is 21.7. The number of rotatable bonds is 5. The van der Waals surface area contributed by atoms with E-state index in [4.69, 9.17) is 4.74 Å². The van der Waals surface area contributed by atoms with Gasteiger partial charge in [0.2, 0.25) is 0 Å². The van der Waals surface area contributed by atoms with Crippen LogP contribution in [0.15, 0.2) is 30.5 Å². The Kier molecular flexibility index (Phi) is 4.68. The molecule has 2 heterocycles. The van der Waals surface area contributed by atoms with E-state index in [2.05, 4.69) is 35.3 Å². The van der Waals surface area contributed by atoms with Crippen LogP contribution in [0.3, 0.4) is 0 Å². The van der Waals surface area contributed by atoms with Gasteiger partial charge in [-0.25, -0.2) is 0 Å². The van der Waals surface area contributed by atoms with Crippen LogP contribution in [-0.2, 0) is 20.0 Å². The van der Waals surface area contributed by atoms with Crippen LogP contribution in [0.25, 0.3) is 0 Å². The lowest BCUT2D eigenvalue weighted by atomic mass is 10.0. The van der Waals surface area contributed by atoms with E-state index in [-0.39, 0.29) is 12.1 Å². The van der Waals surface area contributed by atoms with Crippen LogP contribution in [0.1, 0.15) is 36.2 Å². The zero-order valence-corrected chi connectivity index (χ0v) is 14.1. The molecule has 2 atom stereocenters. The fraction of sp³-hybridized carbons (Fsp3) is 0.500. The maximum atomic E-state index is 10.2. The number of methoxy groups -OCH3 is 1. The highest BCUT2D eigenvalue weighted by Crippen LogP contribution is 2.35. The lowest BCUT2D eigenvalue weighted by Crippen LogP contribution is -2.24. The minimum absolute atomic E-state index is 0.213. The molecule has 3 rings (SSSR count). The molecule has 2 aromatic rings. The molecule has 5 heteroatoms. The van der Waals surface area contributed by atoms with Crippen LogP contribution in [-0.4, -0.2) is 39.5 Å². The number of hydrogen-bond acceptors (Lipinski definition) is 4. The van der Waals surface area contributed by atoms with Gasteiger partial charge in [-0.2, -0.15) is 5.10 Å². The first-order valence-electron chi connectivity index (χ1n) is 8.18. The summed E-state index contributed by atoms with van der Waals surface area (Å²) in [6, 6.07) is 8.36. The van der Waals surface area contributed by atoms with Crippen molar-refractivity contribution in [3.63, 3.8) is 0 Å². The van der Waals surface area contributed by atoms with Gasteiger partial charge >= 0.3 is 0 Å². The van der Waals surface area contributed by atoms with E-state index in [1.54, 1.807) is 7.11 Å². The largest absolute Gasteiger partial charge is 0.497 e. The van der Waals surface area contributed by atoms with E-state index in [0.717, 1.165) is 30.8 Å². The van der Waals surface area contributed by atoms with Crippen LogP contribution in [0.5, 0.6) is 5.75 Å². The Morgan fingerprint density at radius 1 is 1.39 bits per heavy atom. The highest BCUT2D eigenvalue weighted by molar-refractivity contribution is 5.31. The predicted octanol–water partition coefficient (Wildman–Crippen LogP) is 2.30. The second-order valence-electron chi connectivity index (χ2n) is 6.24.